The topological polar surface area (TPSA) is 67.2 Å². The molecule has 0 unspecified atom stereocenters. The lowest BCUT2D eigenvalue weighted by Crippen LogP contribution is -2.37. The van der Waals surface area contributed by atoms with E-state index in [-0.39, 0.29) is 6.54 Å². The molecule has 25 heavy (non-hydrogen) atoms. The standard InChI is InChI=1S/C15H14BrF3N4O2/c1-22(8-13(24)20-11-5-3-2-4-10(11)16)14(25)9-23-7-6-12(21-23)15(17,18)19/h2-7H,8-9H2,1H3,(H,20,24). The van der Waals surface area contributed by atoms with Crippen molar-refractivity contribution in [3.63, 3.8) is 0 Å². The van der Waals surface area contributed by atoms with E-state index in [0.717, 1.165) is 21.8 Å². The summed E-state index contributed by atoms with van der Waals surface area (Å²) in [4.78, 5) is 25.1. The van der Waals surface area contributed by atoms with Gasteiger partial charge in [0, 0.05) is 17.7 Å². The van der Waals surface area contributed by atoms with Crippen molar-refractivity contribution in [1.82, 2.24) is 14.7 Å². The van der Waals surface area contributed by atoms with Gasteiger partial charge in [-0.15, -0.1) is 0 Å². The van der Waals surface area contributed by atoms with Crippen LogP contribution in [0.3, 0.4) is 0 Å². The summed E-state index contributed by atoms with van der Waals surface area (Å²) in [5.41, 5.74) is -0.523. The second-order valence-corrected chi connectivity index (χ2v) is 6.03. The third-order valence-electron chi connectivity index (χ3n) is 3.18. The first kappa shape index (κ1) is 19.0. The molecule has 10 heteroatoms. The zero-order chi connectivity index (χ0) is 18.6. The van der Waals surface area contributed by atoms with Crippen molar-refractivity contribution in [3.05, 3.63) is 46.7 Å². The number of halogens is 4. The zero-order valence-electron chi connectivity index (χ0n) is 13.0. The number of rotatable bonds is 5. The largest absolute Gasteiger partial charge is 0.435 e. The normalized spacial score (nSPS) is 11.2. The summed E-state index contributed by atoms with van der Waals surface area (Å²) < 4.78 is 39.0. The average molecular weight is 419 g/mol. The Balaban J connectivity index is 1.90. The third-order valence-corrected chi connectivity index (χ3v) is 3.87. The number of carbonyl (C=O) groups excluding carboxylic acids is 2. The van der Waals surface area contributed by atoms with Crippen LogP contribution in [0.5, 0.6) is 0 Å². The molecule has 0 saturated heterocycles. The summed E-state index contributed by atoms with van der Waals surface area (Å²) in [5, 5.41) is 5.93. The molecular weight excluding hydrogens is 405 g/mol. The molecule has 2 rings (SSSR count). The van der Waals surface area contributed by atoms with Gasteiger partial charge >= 0.3 is 6.18 Å². The highest BCUT2D eigenvalue weighted by atomic mass is 79.9. The number of nitrogens with zero attached hydrogens (tertiary/aromatic N) is 3. The van der Waals surface area contributed by atoms with Crippen LogP contribution in [0.25, 0.3) is 0 Å². The predicted octanol–water partition coefficient (Wildman–Crippen LogP) is 2.76. The minimum atomic E-state index is -4.57. The lowest BCUT2D eigenvalue weighted by Gasteiger charge is -2.17. The Hall–Kier alpha value is -2.36. The van der Waals surface area contributed by atoms with Crippen LogP contribution in [0.2, 0.25) is 0 Å². The summed E-state index contributed by atoms with van der Waals surface area (Å²) in [6.45, 7) is -0.636. The van der Waals surface area contributed by atoms with E-state index in [1.165, 1.54) is 7.05 Å². The number of likely N-dealkylation sites (N-methyl/N-ethyl adjacent to an activating group) is 1. The van der Waals surface area contributed by atoms with E-state index in [2.05, 4.69) is 26.3 Å². The van der Waals surface area contributed by atoms with Crippen molar-refractivity contribution < 1.29 is 22.8 Å². The molecule has 0 radical (unpaired) electrons. The first-order chi connectivity index (χ1) is 11.7. The third kappa shape index (κ3) is 5.31. The second-order valence-electron chi connectivity index (χ2n) is 5.17. The van der Waals surface area contributed by atoms with Gasteiger partial charge in [0.25, 0.3) is 0 Å². The maximum atomic E-state index is 12.5. The Labute approximate surface area is 149 Å². The molecule has 0 fully saturated rings. The molecule has 0 saturated carbocycles. The fourth-order valence-electron chi connectivity index (χ4n) is 1.92. The molecule has 0 aliphatic carbocycles. The number of hydrogen-bond donors (Lipinski definition) is 1. The molecule has 0 aliphatic heterocycles. The Kier molecular flexibility index (Phi) is 5.83. The van der Waals surface area contributed by atoms with Gasteiger partial charge in [-0.3, -0.25) is 14.3 Å². The van der Waals surface area contributed by atoms with E-state index >= 15 is 0 Å². The van der Waals surface area contributed by atoms with Crippen LogP contribution in [0.15, 0.2) is 41.0 Å². The van der Waals surface area contributed by atoms with E-state index in [9.17, 15) is 22.8 Å². The van der Waals surface area contributed by atoms with Crippen molar-refractivity contribution >= 4 is 33.4 Å². The summed E-state index contributed by atoms with van der Waals surface area (Å²) >= 11 is 3.28. The second kappa shape index (κ2) is 7.68. The Morgan fingerprint density at radius 1 is 1.28 bits per heavy atom. The van der Waals surface area contributed by atoms with Crippen LogP contribution >= 0.6 is 15.9 Å². The van der Waals surface area contributed by atoms with Gasteiger partial charge in [0.1, 0.15) is 6.54 Å². The molecule has 0 aliphatic rings. The highest BCUT2D eigenvalue weighted by molar-refractivity contribution is 9.10. The van der Waals surface area contributed by atoms with Crippen LogP contribution in [0.1, 0.15) is 5.69 Å². The number of hydrogen-bond acceptors (Lipinski definition) is 3. The SMILES string of the molecule is CN(CC(=O)Nc1ccccc1Br)C(=O)Cn1ccc(C(F)(F)F)n1. The fourth-order valence-corrected chi connectivity index (χ4v) is 2.30. The Bertz CT molecular complexity index is 776. The monoisotopic (exact) mass is 418 g/mol. The molecule has 1 heterocycles. The van der Waals surface area contributed by atoms with E-state index in [0.29, 0.717) is 10.2 Å². The molecule has 0 bridgehead atoms. The molecule has 1 N–H and O–H groups in total. The number of carbonyl (C=O) groups is 2. The molecule has 2 amide bonds. The molecular formula is C15H14BrF3N4O2. The van der Waals surface area contributed by atoms with Gasteiger partial charge in [-0.25, -0.2) is 0 Å². The van der Waals surface area contributed by atoms with Gasteiger partial charge in [0.2, 0.25) is 11.8 Å². The molecule has 134 valence electrons. The summed E-state index contributed by atoms with van der Waals surface area (Å²) in [5.74, 6) is -0.974. The minimum Gasteiger partial charge on any atom is -0.335 e. The van der Waals surface area contributed by atoms with Gasteiger partial charge in [-0.1, -0.05) is 12.1 Å². The van der Waals surface area contributed by atoms with Gasteiger partial charge < -0.3 is 10.2 Å². The maximum Gasteiger partial charge on any atom is 0.435 e. The highest BCUT2D eigenvalue weighted by Gasteiger charge is 2.33. The predicted molar refractivity (Wildman–Crippen MR) is 87.6 cm³/mol. The smallest absolute Gasteiger partial charge is 0.335 e. The molecule has 1 aromatic carbocycles. The molecule has 2 aromatic rings. The van der Waals surface area contributed by atoms with Crippen LogP contribution in [-0.4, -0.2) is 40.1 Å². The van der Waals surface area contributed by atoms with Gasteiger partial charge in [0.15, 0.2) is 5.69 Å². The van der Waals surface area contributed by atoms with Gasteiger partial charge in [0.05, 0.1) is 12.2 Å². The highest BCUT2D eigenvalue weighted by Crippen LogP contribution is 2.27. The quantitative estimate of drug-likeness (QED) is 0.811. The van der Waals surface area contributed by atoms with Crippen molar-refractivity contribution in [2.24, 2.45) is 0 Å². The van der Waals surface area contributed by atoms with Crippen LogP contribution < -0.4 is 5.32 Å². The van der Waals surface area contributed by atoms with E-state index < -0.39 is 30.2 Å². The van der Waals surface area contributed by atoms with Crippen molar-refractivity contribution in [1.29, 1.82) is 0 Å². The zero-order valence-corrected chi connectivity index (χ0v) is 14.6. The number of alkyl halides is 3. The number of para-hydroxylation sites is 1. The average Bonchev–Trinajstić information content (AvgIpc) is 2.98. The minimum absolute atomic E-state index is 0.242. The summed E-state index contributed by atoms with van der Waals surface area (Å²) in [7, 11) is 1.39. The van der Waals surface area contributed by atoms with Crippen LogP contribution in [0.4, 0.5) is 18.9 Å². The summed E-state index contributed by atoms with van der Waals surface area (Å²) in [6.07, 6.45) is -3.50. The molecule has 0 spiro atoms. The number of anilines is 1. The maximum absolute atomic E-state index is 12.5. The lowest BCUT2D eigenvalue weighted by atomic mass is 10.3. The summed E-state index contributed by atoms with van der Waals surface area (Å²) in [6, 6.07) is 7.75. The fraction of sp³-hybridized carbons (Fsp3) is 0.267. The molecule has 6 nitrogen and oxygen atoms in total. The Morgan fingerprint density at radius 2 is 1.96 bits per heavy atom. The van der Waals surface area contributed by atoms with E-state index in [1.807, 2.05) is 0 Å². The first-order valence-electron chi connectivity index (χ1n) is 7.06. The van der Waals surface area contributed by atoms with Gasteiger partial charge in [-0.05, 0) is 34.1 Å². The number of nitrogens with one attached hydrogen (secondary N) is 1. The van der Waals surface area contributed by atoms with Gasteiger partial charge in [-0.2, -0.15) is 18.3 Å². The van der Waals surface area contributed by atoms with Crippen LogP contribution in [-0.2, 0) is 22.3 Å². The number of benzene rings is 1. The van der Waals surface area contributed by atoms with Crippen molar-refractivity contribution in [2.75, 3.05) is 18.9 Å². The van der Waals surface area contributed by atoms with E-state index in [1.54, 1.807) is 24.3 Å². The number of amides is 2. The molecule has 0 atom stereocenters. The van der Waals surface area contributed by atoms with E-state index in [4.69, 9.17) is 0 Å². The van der Waals surface area contributed by atoms with Crippen molar-refractivity contribution in [2.45, 2.75) is 12.7 Å². The van der Waals surface area contributed by atoms with Crippen LogP contribution in [0, 0.1) is 0 Å². The lowest BCUT2D eigenvalue weighted by molar-refractivity contribution is -0.142. The first-order valence-corrected chi connectivity index (χ1v) is 7.85. The Morgan fingerprint density at radius 3 is 2.56 bits per heavy atom. The molecule has 1 aromatic heterocycles. The van der Waals surface area contributed by atoms with Crippen molar-refractivity contribution in [3.8, 4) is 0 Å². The number of aromatic nitrogens is 2.